The largest absolute Gasteiger partial charge is 0.372 e. The lowest BCUT2D eigenvalue weighted by molar-refractivity contribution is 0.0121. The van der Waals surface area contributed by atoms with Crippen LogP contribution < -0.4 is 5.32 Å². The average molecular weight is 254 g/mol. The molecule has 0 aromatic rings. The highest BCUT2D eigenvalue weighted by atomic mass is 16.5. The number of nitrogens with one attached hydrogen (secondary N) is 1. The van der Waals surface area contributed by atoms with Gasteiger partial charge in [0.2, 0.25) is 0 Å². The minimum atomic E-state index is 0.449. The van der Waals surface area contributed by atoms with Crippen LogP contribution in [0.15, 0.2) is 0 Å². The van der Waals surface area contributed by atoms with Gasteiger partial charge in [-0.1, -0.05) is 26.2 Å². The molecule has 0 aromatic carbocycles. The van der Waals surface area contributed by atoms with E-state index in [1.165, 1.54) is 51.5 Å². The van der Waals surface area contributed by atoms with E-state index in [1.807, 2.05) is 7.05 Å². The molecule has 2 atom stereocenters. The molecule has 0 bridgehead atoms. The molecular weight excluding hydrogens is 224 g/mol. The van der Waals surface area contributed by atoms with Crippen LogP contribution in [0.3, 0.4) is 0 Å². The summed E-state index contributed by atoms with van der Waals surface area (Å²) in [5.74, 6) is 0. The highest BCUT2D eigenvalue weighted by Gasteiger charge is 2.28. The molecule has 0 amide bonds. The van der Waals surface area contributed by atoms with Gasteiger partial charge < -0.3 is 10.1 Å². The lowest BCUT2D eigenvalue weighted by Crippen LogP contribution is -2.41. The predicted molar refractivity (Wildman–Crippen MR) is 75.9 cm³/mol. The molecule has 2 fully saturated rings. The maximum atomic E-state index is 6.12. The molecule has 0 radical (unpaired) electrons. The lowest BCUT2D eigenvalue weighted by Gasteiger charge is -2.35. The zero-order chi connectivity index (χ0) is 12.8. The molecule has 2 rings (SSSR count). The van der Waals surface area contributed by atoms with Crippen molar-refractivity contribution in [3.05, 3.63) is 0 Å². The maximum absolute atomic E-state index is 6.12. The Labute approximate surface area is 112 Å². The molecule has 3 heteroatoms. The third-order valence-corrected chi connectivity index (χ3v) is 4.56. The van der Waals surface area contributed by atoms with Crippen molar-refractivity contribution in [3.63, 3.8) is 0 Å². The molecule has 1 N–H and O–H groups in total. The first kappa shape index (κ1) is 14.3. The summed E-state index contributed by atoms with van der Waals surface area (Å²) in [4.78, 5) is 2.67. The highest BCUT2D eigenvalue weighted by molar-refractivity contribution is 4.81. The first-order chi connectivity index (χ1) is 8.83. The number of nitrogens with zero attached hydrogens (tertiary/aromatic N) is 1. The molecule has 1 aliphatic heterocycles. The Kier molecular flexibility index (Phi) is 5.93. The van der Waals surface area contributed by atoms with Gasteiger partial charge in [0.15, 0.2) is 0 Å². The fourth-order valence-electron chi connectivity index (χ4n) is 3.54. The van der Waals surface area contributed by atoms with Crippen molar-refractivity contribution >= 4 is 0 Å². The van der Waals surface area contributed by atoms with Crippen LogP contribution in [0, 0.1) is 0 Å². The van der Waals surface area contributed by atoms with E-state index < -0.39 is 0 Å². The summed E-state index contributed by atoms with van der Waals surface area (Å²) in [7, 11) is 2.01. The van der Waals surface area contributed by atoms with Crippen LogP contribution in [0.5, 0.6) is 0 Å². The van der Waals surface area contributed by atoms with E-state index in [2.05, 4.69) is 17.1 Å². The van der Waals surface area contributed by atoms with Gasteiger partial charge in [-0.2, -0.15) is 0 Å². The molecule has 1 heterocycles. The van der Waals surface area contributed by atoms with Crippen LogP contribution in [0.2, 0.25) is 0 Å². The molecule has 2 aliphatic rings. The molecule has 106 valence electrons. The van der Waals surface area contributed by atoms with Gasteiger partial charge in [0, 0.05) is 19.1 Å². The van der Waals surface area contributed by atoms with E-state index >= 15 is 0 Å². The number of ether oxygens (including phenoxy) is 1. The second-order valence-electron chi connectivity index (χ2n) is 5.89. The predicted octanol–water partition coefficient (Wildman–Crippen LogP) is 2.41. The van der Waals surface area contributed by atoms with Gasteiger partial charge in [-0.25, -0.2) is 0 Å². The third-order valence-electron chi connectivity index (χ3n) is 4.56. The summed E-state index contributed by atoms with van der Waals surface area (Å²) in [5, 5.41) is 3.22. The van der Waals surface area contributed by atoms with Crippen molar-refractivity contribution in [1.29, 1.82) is 0 Å². The second-order valence-corrected chi connectivity index (χ2v) is 5.89. The first-order valence-electron chi connectivity index (χ1n) is 7.87. The van der Waals surface area contributed by atoms with Gasteiger partial charge in [0.25, 0.3) is 0 Å². The van der Waals surface area contributed by atoms with Crippen LogP contribution >= 0.6 is 0 Å². The monoisotopic (exact) mass is 254 g/mol. The topological polar surface area (TPSA) is 24.5 Å². The molecule has 18 heavy (non-hydrogen) atoms. The highest BCUT2D eigenvalue weighted by Crippen LogP contribution is 2.25. The Morgan fingerprint density at radius 2 is 1.78 bits per heavy atom. The van der Waals surface area contributed by atoms with Crippen molar-refractivity contribution in [1.82, 2.24) is 10.2 Å². The van der Waals surface area contributed by atoms with Crippen molar-refractivity contribution in [2.24, 2.45) is 0 Å². The molecule has 3 nitrogen and oxygen atoms in total. The van der Waals surface area contributed by atoms with Gasteiger partial charge in [0.05, 0.1) is 12.2 Å². The minimum absolute atomic E-state index is 0.449. The standard InChI is InChI=1S/C15H30N2O/c1-3-17(13-7-5-4-6-8-13)12-15-10-9-14(18-15)11-16-2/h13-16H,3-12H2,1-2H3. The maximum Gasteiger partial charge on any atom is 0.0707 e. The van der Waals surface area contributed by atoms with Crippen LogP contribution in [-0.2, 0) is 4.74 Å². The third kappa shape index (κ3) is 3.94. The van der Waals surface area contributed by atoms with E-state index in [4.69, 9.17) is 4.74 Å². The minimum Gasteiger partial charge on any atom is -0.372 e. The zero-order valence-corrected chi connectivity index (χ0v) is 12.2. The molecule has 1 saturated heterocycles. The van der Waals surface area contributed by atoms with E-state index in [-0.39, 0.29) is 0 Å². The van der Waals surface area contributed by atoms with Gasteiger partial charge in [-0.05, 0) is 39.3 Å². The molecule has 1 saturated carbocycles. The molecule has 1 aliphatic carbocycles. The summed E-state index contributed by atoms with van der Waals surface area (Å²) >= 11 is 0. The summed E-state index contributed by atoms with van der Waals surface area (Å²) < 4.78 is 6.12. The summed E-state index contributed by atoms with van der Waals surface area (Å²) in [5.41, 5.74) is 0. The lowest BCUT2D eigenvalue weighted by atomic mass is 9.94. The van der Waals surface area contributed by atoms with Crippen LogP contribution in [-0.4, -0.2) is 49.8 Å². The van der Waals surface area contributed by atoms with E-state index in [0.717, 1.165) is 19.1 Å². The van der Waals surface area contributed by atoms with Gasteiger partial charge in [-0.3, -0.25) is 4.90 Å². The number of rotatable bonds is 6. The average Bonchev–Trinajstić information content (AvgIpc) is 2.85. The molecule has 0 spiro atoms. The van der Waals surface area contributed by atoms with Crippen molar-refractivity contribution in [2.75, 3.05) is 26.7 Å². The Bertz CT molecular complexity index is 229. The Balaban J connectivity index is 1.76. The number of hydrogen-bond donors (Lipinski definition) is 1. The van der Waals surface area contributed by atoms with Crippen LogP contribution in [0.4, 0.5) is 0 Å². The SMILES string of the molecule is CCN(CC1CCC(CNC)O1)C1CCCCC1. The summed E-state index contributed by atoms with van der Waals surface area (Å²) in [6, 6.07) is 0.829. The zero-order valence-electron chi connectivity index (χ0n) is 12.2. The number of hydrogen-bond acceptors (Lipinski definition) is 3. The molecule has 0 aromatic heterocycles. The Hall–Kier alpha value is -0.120. The van der Waals surface area contributed by atoms with E-state index in [0.29, 0.717) is 12.2 Å². The van der Waals surface area contributed by atoms with Gasteiger partial charge in [0.1, 0.15) is 0 Å². The smallest absolute Gasteiger partial charge is 0.0707 e. The van der Waals surface area contributed by atoms with Crippen LogP contribution in [0.1, 0.15) is 51.9 Å². The quantitative estimate of drug-likeness (QED) is 0.788. The first-order valence-corrected chi connectivity index (χ1v) is 7.87. The normalized spacial score (nSPS) is 30.2. The molecular formula is C15H30N2O. The summed E-state index contributed by atoms with van der Waals surface area (Å²) in [6.45, 7) is 5.64. The van der Waals surface area contributed by atoms with Crippen molar-refractivity contribution in [2.45, 2.75) is 70.1 Å². The molecule has 2 unspecified atom stereocenters. The van der Waals surface area contributed by atoms with E-state index in [1.54, 1.807) is 0 Å². The van der Waals surface area contributed by atoms with Crippen LogP contribution in [0.25, 0.3) is 0 Å². The van der Waals surface area contributed by atoms with Crippen molar-refractivity contribution in [3.8, 4) is 0 Å². The fourth-order valence-corrected chi connectivity index (χ4v) is 3.54. The van der Waals surface area contributed by atoms with Gasteiger partial charge >= 0.3 is 0 Å². The van der Waals surface area contributed by atoms with Crippen molar-refractivity contribution < 1.29 is 4.74 Å². The van der Waals surface area contributed by atoms with E-state index in [9.17, 15) is 0 Å². The summed E-state index contributed by atoms with van der Waals surface area (Å²) in [6.07, 6.45) is 10.5. The number of likely N-dealkylation sites (N-methyl/N-ethyl adjacent to an activating group) is 2. The fraction of sp³-hybridized carbons (Fsp3) is 1.00. The second kappa shape index (κ2) is 7.46. The van der Waals surface area contributed by atoms with Gasteiger partial charge in [-0.15, -0.1) is 0 Å². The Morgan fingerprint density at radius 1 is 1.06 bits per heavy atom. The Morgan fingerprint density at radius 3 is 2.44 bits per heavy atom.